The maximum Gasteiger partial charge on any atom is 0.407 e. The molecule has 15 heavy (non-hydrogen) atoms. The van der Waals surface area contributed by atoms with Gasteiger partial charge in [0.15, 0.2) is 0 Å². The Balaban J connectivity index is 2.18. The highest BCUT2D eigenvalue weighted by Gasteiger charge is 2.18. The Hall–Kier alpha value is -1.84. The third-order valence-electron chi connectivity index (χ3n) is 2.42. The zero-order chi connectivity index (χ0) is 10.7. The van der Waals surface area contributed by atoms with Gasteiger partial charge in [0.25, 0.3) is 0 Å². The van der Waals surface area contributed by atoms with Gasteiger partial charge >= 0.3 is 6.09 Å². The van der Waals surface area contributed by atoms with Gasteiger partial charge in [-0.1, -0.05) is 12.1 Å². The summed E-state index contributed by atoms with van der Waals surface area (Å²) in [6.45, 7) is 1.01. The summed E-state index contributed by atoms with van der Waals surface area (Å²) in [5, 5.41) is 8.88. The molecule has 0 spiro atoms. The van der Waals surface area contributed by atoms with Gasteiger partial charge in [-0.2, -0.15) is 0 Å². The molecule has 0 aliphatic carbocycles. The van der Waals surface area contributed by atoms with Gasteiger partial charge in [0.1, 0.15) is 0 Å². The fourth-order valence-electron chi connectivity index (χ4n) is 1.65. The monoisotopic (exact) mass is 204 g/mol. The van der Waals surface area contributed by atoms with Crippen LogP contribution in [-0.4, -0.2) is 34.2 Å². The zero-order valence-corrected chi connectivity index (χ0v) is 8.26. The van der Waals surface area contributed by atoms with Gasteiger partial charge in [-0.25, -0.2) is 4.79 Å². The minimum absolute atomic E-state index is 0.437. The molecular formula is C11H12N2O2. The number of carbonyl (C=O) groups is 1. The average Bonchev–Trinajstić information content (AvgIpc) is 2.30. The summed E-state index contributed by atoms with van der Waals surface area (Å²) in [5.74, 6) is 0. The lowest BCUT2D eigenvalue weighted by Gasteiger charge is -2.24. The number of hydrogen-bond acceptors (Lipinski definition) is 2. The standard InChI is InChI=1S/C11H12N2O2/c14-11(15)13-7-3-4-9(8-13)10-5-1-2-6-12-10/h1-2,4-6H,3,7-8H2,(H,14,15). The molecule has 1 aromatic rings. The molecule has 0 aromatic carbocycles. The minimum atomic E-state index is -0.864. The van der Waals surface area contributed by atoms with Crippen LogP contribution in [0.15, 0.2) is 30.5 Å². The van der Waals surface area contributed by atoms with E-state index in [4.69, 9.17) is 5.11 Å². The number of amides is 1. The molecule has 1 N–H and O–H groups in total. The third kappa shape index (κ3) is 2.15. The molecule has 1 amide bonds. The van der Waals surface area contributed by atoms with Gasteiger partial charge < -0.3 is 10.0 Å². The molecule has 0 atom stereocenters. The van der Waals surface area contributed by atoms with Crippen LogP contribution in [0, 0.1) is 0 Å². The van der Waals surface area contributed by atoms with Crippen LogP contribution in [-0.2, 0) is 0 Å². The highest BCUT2D eigenvalue weighted by molar-refractivity contribution is 5.72. The summed E-state index contributed by atoms with van der Waals surface area (Å²) >= 11 is 0. The van der Waals surface area contributed by atoms with Crippen molar-refractivity contribution in [3.8, 4) is 0 Å². The normalized spacial score (nSPS) is 16.0. The van der Waals surface area contributed by atoms with Crippen LogP contribution < -0.4 is 0 Å². The van der Waals surface area contributed by atoms with E-state index < -0.39 is 6.09 Å². The van der Waals surface area contributed by atoms with Gasteiger partial charge in [-0.3, -0.25) is 4.98 Å². The molecular weight excluding hydrogens is 192 g/mol. The first-order chi connectivity index (χ1) is 7.27. The maximum absolute atomic E-state index is 10.8. The summed E-state index contributed by atoms with van der Waals surface area (Å²) in [5.41, 5.74) is 1.85. The van der Waals surface area contributed by atoms with Crippen molar-refractivity contribution in [1.29, 1.82) is 0 Å². The molecule has 1 aliphatic rings. The smallest absolute Gasteiger partial charge is 0.407 e. The molecule has 4 nitrogen and oxygen atoms in total. The lowest BCUT2D eigenvalue weighted by molar-refractivity contribution is 0.150. The van der Waals surface area contributed by atoms with Crippen molar-refractivity contribution < 1.29 is 9.90 Å². The Bertz CT molecular complexity index is 387. The molecule has 0 saturated carbocycles. The number of pyridine rings is 1. The molecule has 2 rings (SSSR count). The van der Waals surface area contributed by atoms with Crippen LogP contribution in [0.1, 0.15) is 12.1 Å². The first-order valence-corrected chi connectivity index (χ1v) is 4.85. The first kappa shape index (κ1) is 9.71. The summed E-state index contributed by atoms with van der Waals surface area (Å²) < 4.78 is 0. The van der Waals surface area contributed by atoms with Gasteiger partial charge in [0, 0.05) is 12.7 Å². The summed E-state index contributed by atoms with van der Waals surface area (Å²) in [6.07, 6.45) is 3.67. The van der Waals surface area contributed by atoms with Crippen molar-refractivity contribution in [3.63, 3.8) is 0 Å². The SMILES string of the molecule is O=C(O)N1CCC=C(c2ccccn2)C1. The number of nitrogens with zero attached hydrogens (tertiary/aromatic N) is 2. The Labute approximate surface area is 87.9 Å². The van der Waals surface area contributed by atoms with E-state index in [2.05, 4.69) is 11.1 Å². The number of aromatic nitrogens is 1. The lowest BCUT2D eigenvalue weighted by Crippen LogP contribution is -2.34. The van der Waals surface area contributed by atoms with Crippen molar-refractivity contribution >= 4 is 11.7 Å². The molecule has 0 radical (unpaired) electrons. The molecule has 0 saturated heterocycles. The second-order valence-corrected chi connectivity index (χ2v) is 3.44. The van der Waals surface area contributed by atoms with Crippen molar-refractivity contribution in [2.45, 2.75) is 6.42 Å². The quantitative estimate of drug-likeness (QED) is 0.759. The van der Waals surface area contributed by atoms with Crippen LogP contribution in [0.3, 0.4) is 0 Å². The number of carboxylic acid groups (broad SMARTS) is 1. The molecule has 2 heterocycles. The van der Waals surface area contributed by atoms with Crippen molar-refractivity contribution in [2.24, 2.45) is 0 Å². The van der Waals surface area contributed by atoms with Crippen molar-refractivity contribution in [1.82, 2.24) is 9.88 Å². The fraction of sp³-hybridized carbons (Fsp3) is 0.273. The largest absolute Gasteiger partial charge is 0.465 e. The Kier molecular flexibility index (Phi) is 2.67. The summed E-state index contributed by atoms with van der Waals surface area (Å²) in [4.78, 5) is 16.4. The topological polar surface area (TPSA) is 53.4 Å². The molecule has 0 unspecified atom stereocenters. The van der Waals surface area contributed by atoms with E-state index in [0.717, 1.165) is 17.7 Å². The molecule has 0 bridgehead atoms. The fourth-order valence-corrected chi connectivity index (χ4v) is 1.65. The second-order valence-electron chi connectivity index (χ2n) is 3.44. The van der Waals surface area contributed by atoms with Gasteiger partial charge in [-0.15, -0.1) is 0 Å². The number of rotatable bonds is 1. The van der Waals surface area contributed by atoms with Crippen LogP contribution in [0.5, 0.6) is 0 Å². The summed E-state index contributed by atoms with van der Waals surface area (Å²) in [6, 6.07) is 5.65. The molecule has 1 aromatic heterocycles. The van der Waals surface area contributed by atoms with Crippen molar-refractivity contribution in [3.05, 3.63) is 36.2 Å². The van der Waals surface area contributed by atoms with E-state index in [9.17, 15) is 4.79 Å². The maximum atomic E-state index is 10.8. The summed E-state index contributed by atoms with van der Waals surface area (Å²) in [7, 11) is 0. The zero-order valence-electron chi connectivity index (χ0n) is 8.26. The lowest BCUT2D eigenvalue weighted by atomic mass is 10.1. The molecule has 78 valence electrons. The van der Waals surface area contributed by atoms with Crippen LogP contribution >= 0.6 is 0 Å². The Morgan fingerprint density at radius 2 is 2.33 bits per heavy atom. The predicted molar refractivity (Wildman–Crippen MR) is 56.4 cm³/mol. The van der Waals surface area contributed by atoms with E-state index in [1.807, 2.05) is 18.2 Å². The van der Waals surface area contributed by atoms with Gasteiger partial charge in [-0.05, 0) is 24.1 Å². The molecule has 1 aliphatic heterocycles. The highest BCUT2D eigenvalue weighted by atomic mass is 16.4. The van der Waals surface area contributed by atoms with Crippen molar-refractivity contribution in [2.75, 3.05) is 13.1 Å². The minimum Gasteiger partial charge on any atom is -0.465 e. The molecule has 0 fully saturated rings. The first-order valence-electron chi connectivity index (χ1n) is 4.85. The average molecular weight is 204 g/mol. The predicted octanol–water partition coefficient (Wildman–Crippen LogP) is 1.85. The van der Waals surface area contributed by atoms with E-state index in [1.165, 1.54) is 4.90 Å². The van der Waals surface area contributed by atoms with E-state index in [1.54, 1.807) is 6.20 Å². The van der Waals surface area contributed by atoms with E-state index in [0.29, 0.717) is 13.1 Å². The molecule has 4 heteroatoms. The van der Waals surface area contributed by atoms with E-state index in [-0.39, 0.29) is 0 Å². The number of hydrogen-bond donors (Lipinski definition) is 1. The highest BCUT2D eigenvalue weighted by Crippen LogP contribution is 2.18. The van der Waals surface area contributed by atoms with Crippen LogP contribution in [0.4, 0.5) is 4.79 Å². The van der Waals surface area contributed by atoms with Gasteiger partial charge in [0.2, 0.25) is 0 Å². The van der Waals surface area contributed by atoms with E-state index >= 15 is 0 Å². The van der Waals surface area contributed by atoms with Crippen LogP contribution in [0.2, 0.25) is 0 Å². The van der Waals surface area contributed by atoms with Crippen LogP contribution in [0.25, 0.3) is 5.57 Å². The second kappa shape index (κ2) is 4.13. The Morgan fingerprint density at radius 1 is 1.47 bits per heavy atom. The third-order valence-corrected chi connectivity index (χ3v) is 2.42. The van der Waals surface area contributed by atoms with Gasteiger partial charge in [0.05, 0.1) is 12.2 Å². The Morgan fingerprint density at radius 3 is 3.00 bits per heavy atom.